The smallest absolute Gasteiger partial charge is 0.256 e. The van der Waals surface area contributed by atoms with E-state index in [1.807, 2.05) is 19.1 Å². The Morgan fingerprint density at radius 3 is 2.67 bits per heavy atom. The Kier molecular flexibility index (Phi) is 2.77. The van der Waals surface area contributed by atoms with E-state index in [2.05, 4.69) is 5.32 Å². The van der Waals surface area contributed by atoms with E-state index in [0.29, 0.717) is 12.2 Å². The largest absolute Gasteiger partial charge is 0.496 e. The zero-order chi connectivity index (χ0) is 13.5. The molecule has 1 heterocycles. The van der Waals surface area contributed by atoms with Crippen LogP contribution in [-0.4, -0.2) is 26.5 Å². The Labute approximate surface area is 106 Å². The van der Waals surface area contributed by atoms with Crippen molar-refractivity contribution in [1.29, 1.82) is 0 Å². The van der Waals surface area contributed by atoms with Gasteiger partial charge in [-0.25, -0.2) is 0 Å². The lowest BCUT2D eigenvalue weighted by molar-refractivity contribution is -0.126. The summed E-state index contributed by atoms with van der Waals surface area (Å²) in [5.74, 6) is 0.553. The van der Waals surface area contributed by atoms with Gasteiger partial charge in [-0.1, -0.05) is 0 Å². The van der Waals surface area contributed by atoms with Crippen molar-refractivity contribution >= 4 is 18.0 Å². The molecule has 2 amide bonds. The molecule has 0 saturated carbocycles. The molecule has 0 spiro atoms. The number of nitrogens with one attached hydrogen (secondary N) is 1. The van der Waals surface area contributed by atoms with Crippen molar-refractivity contribution in [3.63, 3.8) is 0 Å². The Morgan fingerprint density at radius 2 is 2.11 bits per heavy atom. The Balaban J connectivity index is 2.72. The van der Waals surface area contributed by atoms with Crippen LogP contribution in [0.5, 0.6) is 5.75 Å². The van der Waals surface area contributed by atoms with Crippen molar-refractivity contribution < 1.29 is 14.3 Å². The van der Waals surface area contributed by atoms with Gasteiger partial charge < -0.3 is 15.0 Å². The number of hydrogen-bond donors (Lipinski definition) is 1. The highest BCUT2D eigenvalue weighted by Gasteiger charge is 2.47. The lowest BCUT2D eigenvalue weighted by atomic mass is 9.89. The molecular weight excluding hydrogens is 232 g/mol. The van der Waals surface area contributed by atoms with E-state index < -0.39 is 5.54 Å². The van der Waals surface area contributed by atoms with Crippen LogP contribution in [0.3, 0.4) is 0 Å². The zero-order valence-corrected chi connectivity index (χ0v) is 10.9. The predicted octanol–water partition coefficient (Wildman–Crippen LogP) is 0.941. The van der Waals surface area contributed by atoms with E-state index >= 15 is 0 Å². The highest BCUT2D eigenvalue weighted by molar-refractivity contribution is 6.08. The van der Waals surface area contributed by atoms with Gasteiger partial charge in [-0.15, -0.1) is 0 Å². The van der Waals surface area contributed by atoms with E-state index in [1.54, 1.807) is 26.0 Å². The molecule has 1 N–H and O–H groups in total. The number of benzene rings is 1. The molecular formula is C13H16N2O3. The minimum atomic E-state index is -1.02. The van der Waals surface area contributed by atoms with Gasteiger partial charge in [0.15, 0.2) is 0 Å². The Morgan fingerprint density at radius 1 is 1.44 bits per heavy atom. The second kappa shape index (κ2) is 4.01. The van der Waals surface area contributed by atoms with Crippen LogP contribution >= 0.6 is 0 Å². The summed E-state index contributed by atoms with van der Waals surface area (Å²) >= 11 is 0. The van der Waals surface area contributed by atoms with Gasteiger partial charge in [0.25, 0.3) is 5.91 Å². The van der Waals surface area contributed by atoms with Gasteiger partial charge in [-0.3, -0.25) is 9.59 Å². The molecule has 5 nitrogen and oxygen atoms in total. The number of likely N-dealkylation sites (N-methyl/N-ethyl adjacent to an activating group) is 1. The minimum Gasteiger partial charge on any atom is -0.496 e. The molecule has 0 fully saturated rings. The van der Waals surface area contributed by atoms with Gasteiger partial charge in [0.2, 0.25) is 6.41 Å². The third-order valence-corrected chi connectivity index (χ3v) is 3.55. The molecule has 1 unspecified atom stereocenters. The molecule has 2 rings (SSSR count). The number of carbonyl (C=O) groups excluding carboxylic acids is 2. The van der Waals surface area contributed by atoms with Gasteiger partial charge >= 0.3 is 0 Å². The summed E-state index contributed by atoms with van der Waals surface area (Å²) in [6, 6.07) is 3.65. The summed E-state index contributed by atoms with van der Waals surface area (Å²) in [5, 5.41) is 2.62. The van der Waals surface area contributed by atoms with Gasteiger partial charge in [0.05, 0.1) is 7.11 Å². The highest BCUT2D eigenvalue weighted by atomic mass is 16.5. The fraction of sp³-hybridized carbons (Fsp3) is 0.385. The van der Waals surface area contributed by atoms with Gasteiger partial charge in [0.1, 0.15) is 11.3 Å². The van der Waals surface area contributed by atoms with Crippen LogP contribution in [-0.2, 0) is 15.1 Å². The fourth-order valence-corrected chi connectivity index (χ4v) is 2.61. The summed E-state index contributed by atoms with van der Waals surface area (Å²) in [6.07, 6.45) is 0.555. The number of fused-ring (bicyclic) bond motifs is 1. The predicted molar refractivity (Wildman–Crippen MR) is 67.7 cm³/mol. The quantitative estimate of drug-likeness (QED) is 0.810. The molecule has 1 aromatic carbocycles. The summed E-state index contributed by atoms with van der Waals surface area (Å²) in [6.45, 7) is 3.59. The number of nitrogens with zero attached hydrogens (tertiary/aromatic N) is 1. The van der Waals surface area contributed by atoms with Gasteiger partial charge in [-0.2, -0.15) is 0 Å². The van der Waals surface area contributed by atoms with Crippen LogP contribution < -0.4 is 15.0 Å². The first kappa shape index (κ1) is 12.4. The normalized spacial score (nSPS) is 21.8. The Bertz CT molecular complexity index is 527. The number of carbonyl (C=O) groups is 2. The van der Waals surface area contributed by atoms with E-state index in [-0.39, 0.29) is 5.91 Å². The first-order chi connectivity index (χ1) is 8.47. The number of rotatable bonds is 3. The molecule has 0 aliphatic carbocycles. The maximum Gasteiger partial charge on any atom is 0.256 e. The minimum absolute atomic E-state index is 0.152. The topological polar surface area (TPSA) is 58.6 Å². The third-order valence-electron chi connectivity index (χ3n) is 3.55. The van der Waals surface area contributed by atoms with Crippen molar-refractivity contribution in [3.05, 3.63) is 23.3 Å². The average Bonchev–Trinajstić information content (AvgIpc) is 2.53. The average molecular weight is 248 g/mol. The van der Waals surface area contributed by atoms with Gasteiger partial charge in [0, 0.05) is 18.3 Å². The van der Waals surface area contributed by atoms with Crippen LogP contribution in [0.1, 0.15) is 18.1 Å². The van der Waals surface area contributed by atoms with Crippen molar-refractivity contribution in [2.45, 2.75) is 19.4 Å². The monoisotopic (exact) mass is 248 g/mol. The molecule has 96 valence electrons. The fourth-order valence-electron chi connectivity index (χ4n) is 2.61. The third kappa shape index (κ3) is 1.40. The zero-order valence-electron chi connectivity index (χ0n) is 10.9. The van der Waals surface area contributed by atoms with E-state index in [9.17, 15) is 9.59 Å². The second-order valence-corrected chi connectivity index (χ2v) is 4.54. The van der Waals surface area contributed by atoms with Crippen LogP contribution in [0.25, 0.3) is 0 Å². The van der Waals surface area contributed by atoms with Crippen LogP contribution in [0.2, 0.25) is 0 Å². The molecule has 1 aromatic rings. The maximum atomic E-state index is 12.3. The standard InChI is InChI=1S/C13H16N2O3/c1-8-10(18-4)6-5-9-11(8)13(2,14-7-16)12(17)15(9)3/h5-7H,1-4H3,(H,14,16). The van der Waals surface area contributed by atoms with Crippen LogP contribution in [0, 0.1) is 6.92 Å². The number of methoxy groups -OCH3 is 1. The molecule has 1 atom stereocenters. The summed E-state index contributed by atoms with van der Waals surface area (Å²) in [7, 11) is 3.28. The number of ether oxygens (including phenoxy) is 1. The van der Waals surface area contributed by atoms with Crippen LogP contribution in [0.15, 0.2) is 12.1 Å². The van der Waals surface area contributed by atoms with E-state index in [1.165, 1.54) is 0 Å². The lowest BCUT2D eigenvalue weighted by Gasteiger charge is -2.24. The lowest BCUT2D eigenvalue weighted by Crippen LogP contribution is -2.47. The summed E-state index contributed by atoms with van der Waals surface area (Å²) < 4.78 is 5.27. The number of amides is 2. The second-order valence-electron chi connectivity index (χ2n) is 4.54. The molecule has 18 heavy (non-hydrogen) atoms. The highest BCUT2D eigenvalue weighted by Crippen LogP contribution is 2.43. The molecule has 5 heteroatoms. The molecule has 0 aromatic heterocycles. The summed E-state index contributed by atoms with van der Waals surface area (Å²) in [4.78, 5) is 24.6. The Hall–Kier alpha value is -2.04. The molecule has 1 aliphatic heterocycles. The molecule has 1 aliphatic rings. The SMILES string of the molecule is COc1ccc2c(c1C)C(C)(NC=O)C(=O)N2C. The molecule has 0 saturated heterocycles. The molecule has 0 radical (unpaired) electrons. The number of anilines is 1. The molecule has 0 bridgehead atoms. The van der Waals surface area contributed by atoms with Crippen molar-refractivity contribution in [1.82, 2.24) is 5.32 Å². The first-order valence-electron chi connectivity index (χ1n) is 5.65. The van der Waals surface area contributed by atoms with Crippen molar-refractivity contribution in [2.24, 2.45) is 0 Å². The van der Waals surface area contributed by atoms with E-state index in [4.69, 9.17) is 4.74 Å². The van der Waals surface area contributed by atoms with E-state index in [0.717, 1.165) is 16.8 Å². The van der Waals surface area contributed by atoms with Crippen LogP contribution in [0.4, 0.5) is 5.69 Å². The summed E-state index contributed by atoms with van der Waals surface area (Å²) in [5.41, 5.74) is 1.44. The number of hydrogen-bond acceptors (Lipinski definition) is 3. The van der Waals surface area contributed by atoms with Crippen molar-refractivity contribution in [3.8, 4) is 5.75 Å². The van der Waals surface area contributed by atoms with Crippen molar-refractivity contribution in [2.75, 3.05) is 19.1 Å². The maximum absolute atomic E-state index is 12.3. The van der Waals surface area contributed by atoms with Gasteiger partial charge in [-0.05, 0) is 31.5 Å². The first-order valence-corrected chi connectivity index (χ1v) is 5.65.